The van der Waals surface area contributed by atoms with Crippen LogP contribution in [-0.2, 0) is 18.4 Å². The number of alkyl halides is 3. The summed E-state index contributed by atoms with van der Waals surface area (Å²) in [5, 5.41) is 4.23. The van der Waals surface area contributed by atoms with Gasteiger partial charge in [0.2, 0.25) is 5.91 Å². The fraction of sp³-hybridized carbons (Fsp3) is 0.538. The molecule has 11 heteroatoms. The van der Waals surface area contributed by atoms with Crippen LogP contribution in [0.25, 0.3) is 11.0 Å². The van der Waals surface area contributed by atoms with Gasteiger partial charge >= 0.3 is 6.18 Å². The largest absolute Gasteiger partial charge is 0.390 e. The Kier molecular flexibility index (Phi) is 5.31. The molecule has 2 heterocycles. The van der Waals surface area contributed by atoms with Crippen LogP contribution in [0.2, 0.25) is 0 Å². The van der Waals surface area contributed by atoms with E-state index < -0.39 is 30.6 Å². The molecule has 2 rings (SSSR count). The van der Waals surface area contributed by atoms with E-state index in [1.807, 2.05) is 0 Å². The maximum Gasteiger partial charge on any atom is 0.390 e. The maximum atomic E-state index is 12.4. The van der Waals surface area contributed by atoms with Crippen molar-refractivity contribution in [2.24, 2.45) is 7.05 Å². The molecule has 1 amide bonds. The molecule has 0 spiro atoms. The molecule has 7 nitrogen and oxygen atoms in total. The van der Waals surface area contributed by atoms with Crippen LogP contribution in [0.15, 0.2) is 15.7 Å². The number of fused-ring (bicyclic) bond motifs is 1. The number of likely N-dealkylation sites (N-methyl/N-ethyl adjacent to an activating group) is 1. The SMILES string of the molecule is CCN(CCC(F)(F)F)C(=O)Cn1cnc2c(c(Br)nn2C)c1=O. The van der Waals surface area contributed by atoms with Gasteiger partial charge in [0.15, 0.2) is 5.65 Å². The minimum atomic E-state index is -4.34. The Hall–Kier alpha value is -1.91. The minimum Gasteiger partial charge on any atom is -0.341 e. The number of carbonyl (C=O) groups excluding carboxylic acids is 1. The van der Waals surface area contributed by atoms with E-state index in [4.69, 9.17) is 0 Å². The summed E-state index contributed by atoms with van der Waals surface area (Å²) in [5.74, 6) is -0.579. The Morgan fingerprint density at radius 3 is 2.67 bits per heavy atom. The molecule has 0 bridgehead atoms. The van der Waals surface area contributed by atoms with Crippen molar-refractivity contribution in [2.45, 2.75) is 26.1 Å². The summed E-state index contributed by atoms with van der Waals surface area (Å²) < 4.78 is 39.7. The van der Waals surface area contributed by atoms with Crippen molar-refractivity contribution in [1.82, 2.24) is 24.2 Å². The van der Waals surface area contributed by atoms with Gasteiger partial charge in [0.25, 0.3) is 5.56 Å². The highest BCUT2D eigenvalue weighted by molar-refractivity contribution is 9.10. The number of hydrogen-bond donors (Lipinski definition) is 0. The average molecular weight is 410 g/mol. The van der Waals surface area contributed by atoms with Gasteiger partial charge in [-0.3, -0.25) is 14.2 Å². The van der Waals surface area contributed by atoms with Crippen LogP contribution in [0.4, 0.5) is 13.2 Å². The summed E-state index contributed by atoms with van der Waals surface area (Å²) >= 11 is 3.15. The van der Waals surface area contributed by atoms with Crippen LogP contribution in [0, 0.1) is 0 Å². The van der Waals surface area contributed by atoms with E-state index in [-0.39, 0.29) is 18.5 Å². The van der Waals surface area contributed by atoms with E-state index >= 15 is 0 Å². The summed E-state index contributed by atoms with van der Waals surface area (Å²) in [7, 11) is 1.62. The molecule has 0 radical (unpaired) electrons. The summed E-state index contributed by atoms with van der Waals surface area (Å²) in [6.07, 6.45) is -4.24. The van der Waals surface area contributed by atoms with E-state index in [0.29, 0.717) is 10.3 Å². The van der Waals surface area contributed by atoms with Gasteiger partial charge in [0, 0.05) is 20.1 Å². The number of aryl methyl sites for hydroxylation is 1. The highest BCUT2D eigenvalue weighted by Gasteiger charge is 2.28. The fourth-order valence-electron chi connectivity index (χ4n) is 2.21. The molecule has 0 atom stereocenters. The Morgan fingerprint density at radius 1 is 1.42 bits per heavy atom. The molecule has 2 aromatic rings. The van der Waals surface area contributed by atoms with Crippen molar-refractivity contribution in [3.05, 3.63) is 21.3 Å². The number of amides is 1. The van der Waals surface area contributed by atoms with E-state index in [9.17, 15) is 22.8 Å². The lowest BCUT2D eigenvalue weighted by atomic mass is 10.3. The lowest BCUT2D eigenvalue weighted by molar-refractivity contribution is -0.145. The zero-order chi connectivity index (χ0) is 18.1. The molecule has 0 saturated carbocycles. The summed E-state index contributed by atoms with van der Waals surface area (Å²) in [6, 6.07) is 0. The zero-order valence-electron chi connectivity index (χ0n) is 13.0. The van der Waals surface area contributed by atoms with Gasteiger partial charge in [-0.1, -0.05) is 0 Å². The Labute approximate surface area is 143 Å². The van der Waals surface area contributed by atoms with Crippen molar-refractivity contribution in [3.63, 3.8) is 0 Å². The van der Waals surface area contributed by atoms with Crippen LogP contribution in [0.1, 0.15) is 13.3 Å². The van der Waals surface area contributed by atoms with Crippen molar-refractivity contribution >= 4 is 32.9 Å². The van der Waals surface area contributed by atoms with Crippen LogP contribution < -0.4 is 5.56 Å². The molecule has 24 heavy (non-hydrogen) atoms. The molecular formula is C13H15BrF3N5O2. The minimum absolute atomic E-state index is 0.121. The van der Waals surface area contributed by atoms with Crippen molar-refractivity contribution in [2.75, 3.05) is 13.1 Å². The van der Waals surface area contributed by atoms with Crippen LogP contribution >= 0.6 is 15.9 Å². The first-order valence-electron chi connectivity index (χ1n) is 7.06. The van der Waals surface area contributed by atoms with Crippen LogP contribution in [0.5, 0.6) is 0 Å². The van der Waals surface area contributed by atoms with Crippen LogP contribution in [0.3, 0.4) is 0 Å². The summed E-state index contributed by atoms with van der Waals surface area (Å²) in [4.78, 5) is 29.7. The molecule has 0 unspecified atom stereocenters. The molecule has 0 N–H and O–H groups in total. The van der Waals surface area contributed by atoms with Gasteiger partial charge in [0.05, 0.1) is 6.42 Å². The number of carbonyl (C=O) groups is 1. The average Bonchev–Trinajstić information content (AvgIpc) is 2.76. The molecule has 0 saturated heterocycles. The van der Waals surface area contributed by atoms with Gasteiger partial charge in [-0.2, -0.15) is 18.3 Å². The van der Waals surface area contributed by atoms with E-state index in [1.165, 1.54) is 11.0 Å². The molecule has 0 aliphatic heterocycles. The number of rotatable bonds is 5. The number of aromatic nitrogens is 4. The summed E-state index contributed by atoms with van der Waals surface area (Å²) in [6.45, 7) is 0.876. The molecule has 0 aliphatic rings. The summed E-state index contributed by atoms with van der Waals surface area (Å²) in [5.41, 5.74) is -0.139. The topological polar surface area (TPSA) is 73.0 Å². The number of halogens is 4. The first-order chi connectivity index (χ1) is 11.1. The quantitative estimate of drug-likeness (QED) is 0.753. The van der Waals surface area contributed by atoms with Gasteiger partial charge in [-0.25, -0.2) is 9.67 Å². The Morgan fingerprint density at radius 2 is 2.08 bits per heavy atom. The second-order valence-corrected chi connectivity index (χ2v) is 5.88. The van der Waals surface area contributed by atoms with Crippen molar-refractivity contribution in [1.29, 1.82) is 0 Å². The predicted octanol–water partition coefficient (Wildman–Crippen LogP) is 1.69. The van der Waals surface area contributed by atoms with Crippen molar-refractivity contribution < 1.29 is 18.0 Å². The maximum absolute atomic E-state index is 12.4. The Balaban J connectivity index is 2.22. The van der Waals surface area contributed by atoms with Gasteiger partial charge < -0.3 is 4.90 Å². The molecule has 0 aromatic carbocycles. The Bertz CT molecular complexity index is 814. The number of nitrogens with zero attached hydrogens (tertiary/aromatic N) is 5. The van der Waals surface area contributed by atoms with Crippen LogP contribution in [-0.4, -0.2) is 49.4 Å². The first kappa shape index (κ1) is 18.4. The van der Waals surface area contributed by atoms with Gasteiger partial charge in [-0.05, 0) is 22.9 Å². The monoisotopic (exact) mass is 409 g/mol. The molecule has 0 aliphatic carbocycles. The molecule has 132 valence electrons. The van der Waals surface area contributed by atoms with E-state index in [1.54, 1.807) is 14.0 Å². The third-order valence-electron chi connectivity index (χ3n) is 3.47. The highest BCUT2D eigenvalue weighted by atomic mass is 79.9. The predicted molar refractivity (Wildman–Crippen MR) is 83.4 cm³/mol. The van der Waals surface area contributed by atoms with E-state index in [0.717, 1.165) is 9.47 Å². The highest BCUT2D eigenvalue weighted by Crippen LogP contribution is 2.20. The number of hydrogen-bond acceptors (Lipinski definition) is 4. The first-order valence-corrected chi connectivity index (χ1v) is 7.85. The molecular weight excluding hydrogens is 395 g/mol. The van der Waals surface area contributed by atoms with Gasteiger partial charge in [-0.15, -0.1) is 0 Å². The molecule has 0 fully saturated rings. The molecule has 2 aromatic heterocycles. The smallest absolute Gasteiger partial charge is 0.341 e. The van der Waals surface area contributed by atoms with Gasteiger partial charge in [0.1, 0.15) is 22.9 Å². The third kappa shape index (κ3) is 3.94. The zero-order valence-corrected chi connectivity index (χ0v) is 14.6. The standard InChI is InChI=1S/C13H15BrF3N5O2/c1-3-21(5-4-13(15,16)17)8(23)6-22-7-18-11-9(12(22)24)10(14)19-20(11)2/h7H,3-6H2,1-2H3. The third-order valence-corrected chi connectivity index (χ3v) is 4.03. The second kappa shape index (κ2) is 6.91. The normalized spacial score (nSPS) is 11.9. The van der Waals surface area contributed by atoms with E-state index in [2.05, 4.69) is 26.0 Å². The van der Waals surface area contributed by atoms with Crippen molar-refractivity contribution in [3.8, 4) is 0 Å². The lowest BCUT2D eigenvalue weighted by Gasteiger charge is -2.21. The second-order valence-electron chi connectivity index (χ2n) is 5.13. The fourth-order valence-corrected chi connectivity index (χ4v) is 2.80. The lowest BCUT2D eigenvalue weighted by Crippen LogP contribution is -2.38.